The number of hydrogen-bond donors (Lipinski definition) is 2. The summed E-state index contributed by atoms with van der Waals surface area (Å²) < 4.78 is 1.18. The van der Waals surface area contributed by atoms with Crippen molar-refractivity contribution < 1.29 is 4.90 Å². The van der Waals surface area contributed by atoms with E-state index in [4.69, 9.17) is 0 Å². The van der Waals surface area contributed by atoms with E-state index in [-0.39, 0.29) is 0 Å². The van der Waals surface area contributed by atoms with Crippen LogP contribution in [0.2, 0.25) is 0 Å². The van der Waals surface area contributed by atoms with Gasteiger partial charge >= 0.3 is 0 Å². The van der Waals surface area contributed by atoms with Gasteiger partial charge in [0.15, 0.2) is 0 Å². The Hall–Kier alpha value is -1.32. The van der Waals surface area contributed by atoms with Crippen molar-refractivity contribution in [2.75, 3.05) is 18.4 Å². The summed E-state index contributed by atoms with van der Waals surface area (Å²) in [5.41, 5.74) is 3.99. The lowest BCUT2D eigenvalue weighted by Gasteiger charge is -2.30. The molecule has 2 aromatic carbocycles. The van der Waals surface area contributed by atoms with Crippen molar-refractivity contribution in [3.8, 4) is 0 Å². The number of benzene rings is 2. The molecule has 1 saturated heterocycles. The Morgan fingerprint density at radius 2 is 1.82 bits per heavy atom. The van der Waals surface area contributed by atoms with Crippen LogP contribution < -0.4 is 10.2 Å². The van der Waals surface area contributed by atoms with Gasteiger partial charge in [0.1, 0.15) is 6.54 Å². The van der Waals surface area contributed by atoms with Gasteiger partial charge in [-0.2, -0.15) is 0 Å². The third-order valence-electron chi connectivity index (χ3n) is 4.52. The van der Waals surface area contributed by atoms with Gasteiger partial charge < -0.3 is 10.2 Å². The molecular formula is C19H24BrN2+. The van der Waals surface area contributed by atoms with Gasteiger partial charge in [-0.3, -0.25) is 0 Å². The molecule has 2 nitrogen and oxygen atoms in total. The zero-order chi connectivity index (χ0) is 15.4. The van der Waals surface area contributed by atoms with Gasteiger partial charge in [0.2, 0.25) is 0 Å². The van der Waals surface area contributed by atoms with Crippen LogP contribution in [0.3, 0.4) is 0 Å². The molecule has 0 atom stereocenters. The fourth-order valence-corrected chi connectivity index (χ4v) is 3.45. The molecule has 0 spiro atoms. The van der Waals surface area contributed by atoms with Crippen LogP contribution in [0.4, 0.5) is 5.69 Å². The number of aryl methyl sites for hydroxylation is 1. The standard InChI is InChI=1S/C19H23BrN2/c1-15-13-18(7-8-19(15)20)21-17-9-11-22(12-10-17)14-16-5-3-2-4-6-16/h2-8,13,17,21H,9-12,14H2,1H3/p+1. The monoisotopic (exact) mass is 359 g/mol. The number of nitrogens with one attached hydrogen (secondary N) is 2. The van der Waals surface area contributed by atoms with Crippen LogP contribution in [0, 0.1) is 6.92 Å². The van der Waals surface area contributed by atoms with Gasteiger partial charge in [-0.05, 0) is 30.7 Å². The molecule has 1 aliphatic heterocycles. The van der Waals surface area contributed by atoms with Crippen LogP contribution in [-0.4, -0.2) is 19.1 Å². The van der Waals surface area contributed by atoms with Crippen molar-refractivity contribution in [1.82, 2.24) is 0 Å². The van der Waals surface area contributed by atoms with Crippen LogP contribution in [0.1, 0.15) is 24.0 Å². The van der Waals surface area contributed by atoms with Gasteiger partial charge in [-0.15, -0.1) is 0 Å². The minimum atomic E-state index is 0.611. The molecule has 3 heteroatoms. The van der Waals surface area contributed by atoms with Crippen LogP contribution >= 0.6 is 15.9 Å². The first-order valence-electron chi connectivity index (χ1n) is 8.11. The quantitative estimate of drug-likeness (QED) is 0.854. The predicted molar refractivity (Wildman–Crippen MR) is 96.4 cm³/mol. The fourth-order valence-electron chi connectivity index (χ4n) is 3.20. The Balaban J connectivity index is 1.50. The van der Waals surface area contributed by atoms with E-state index in [0.29, 0.717) is 6.04 Å². The maximum atomic E-state index is 3.70. The second kappa shape index (κ2) is 7.30. The normalized spacial score (nSPS) is 21.5. The second-order valence-corrected chi connectivity index (χ2v) is 7.15. The van der Waals surface area contributed by atoms with Gasteiger partial charge in [-0.25, -0.2) is 0 Å². The molecule has 1 aliphatic rings. The maximum Gasteiger partial charge on any atom is 0.103 e. The minimum absolute atomic E-state index is 0.611. The second-order valence-electron chi connectivity index (χ2n) is 6.29. The Bertz CT molecular complexity index is 604. The average Bonchev–Trinajstić information content (AvgIpc) is 2.54. The molecule has 0 bridgehead atoms. The molecule has 0 saturated carbocycles. The molecular weight excluding hydrogens is 336 g/mol. The molecule has 116 valence electrons. The lowest BCUT2D eigenvalue weighted by atomic mass is 10.0. The van der Waals surface area contributed by atoms with E-state index < -0.39 is 0 Å². The molecule has 2 aromatic rings. The number of piperidine rings is 1. The number of likely N-dealkylation sites (tertiary alicyclic amines) is 1. The Morgan fingerprint density at radius 1 is 1.09 bits per heavy atom. The summed E-state index contributed by atoms with van der Waals surface area (Å²) in [5, 5.41) is 3.70. The zero-order valence-corrected chi connectivity index (χ0v) is 14.7. The highest BCUT2D eigenvalue weighted by Gasteiger charge is 2.22. The molecule has 1 fully saturated rings. The van der Waals surface area contributed by atoms with Gasteiger partial charge in [-0.1, -0.05) is 46.3 Å². The van der Waals surface area contributed by atoms with E-state index in [1.165, 1.54) is 47.2 Å². The van der Waals surface area contributed by atoms with Crippen molar-refractivity contribution in [2.45, 2.75) is 32.4 Å². The summed E-state index contributed by atoms with van der Waals surface area (Å²) in [6.07, 6.45) is 2.49. The van der Waals surface area contributed by atoms with E-state index in [1.807, 2.05) is 0 Å². The van der Waals surface area contributed by atoms with Crippen LogP contribution in [0.15, 0.2) is 53.0 Å². The summed E-state index contributed by atoms with van der Waals surface area (Å²) in [6.45, 7) is 5.80. The molecule has 22 heavy (non-hydrogen) atoms. The SMILES string of the molecule is Cc1cc(NC2CC[NH+](Cc3ccccc3)CC2)ccc1Br. The third-order valence-corrected chi connectivity index (χ3v) is 5.41. The highest BCUT2D eigenvalue weighted by atomic mass is 79.9. The van der Waals surface area contributed by atoms with E-state index in [0.717, 1.165) is 6.54 Å². The van der Waals surface area contributed by atoms with E-state index >= 15 is 0 Å². The summed E-state index contributed by atoms with van der Waals surface area (Å²) in [7, 11) is 0. The number of anilines is 1. The highest BCUT2D eigenvalue weighted by Crippen LogP contribution is 2.21. The van der Waals surface area contributed by atoms with Crippen LogP contribution in [0.25, 0.3) is 0 Å². The lowest BCUT2D eigenvalue weighted by Crippen LogP contribution is -3.12. The maximum absolute atomic E-state index is 3.70. The molecule has 2 N–H and O–H groups in total. The first-order valence-corrected chi connectivity index (χ1v) is 8.90. The van der Waals surface area contributed by atoms with Gasteiger partial charge in [0.25, 0.3) is 0 Å². The Morgan fingerprint density at radius 3 is 2.50 bits per heavy atom. The minimum Gasteiger partial charge on any atom is -0.382 e. The van der Waals surface area contributed by atoms with Crippen LogP contribution in [0.5, 0.6) is 0 Å². The van der Waals surface area contributed by atoms with E-state index in [9.17, 15) is 0 Å². The Kier molecular flexibility index (Phi) is 5.16. The Labute approximate surface area is 141 Å². The van der Waals surface area contributed by atoms with Crippen molar-refractivity contribution in [2.24, 2.45) is 0 Å². The largest absolute Gasteiger partial charge is 0.382 e. The summed E-state index contributed by atoms with van der Waals surface area (Å²) in [4.78, 5) is 1.70. The summed E-state index contributed by atoms with van der Waals surface area (Å²) in [6, 6.07) is 18.0. The zero-order valence-electron chi connectivity index (χ0n) is 13.1. The van der Waals surface area contributed by atoms with E-state index in [1.54, 1.807) is 4.90 Å². The topological polar surface area (TPSA) is 16.5 Å². The highest BCUT2D eigenvalue weighted by molar-refractivity contribution is 9.10. The van der Waals surface area contributed by atoms with E-state index in [2.05, 4.69) is 76.7 Å². The summed E-state index contributed by atoms with van der Waals surface area (Å²) in [5.74, 6) is 0. The molecule has 0 amide bonds. The molecule has 0 radical (unpaired) electrons. The van der Waals surface area contributed by atoms with Gasteiger partial charge in [0.05, 0.1) is 13.1 Å². The first-order chi connectivity index (χ1) is 10.7. The average molecular weight is 360 g/mol. The smallest absolute Gasteiger partial charge is 0.103 e. The van der Waals surface area contributed by atoms with Crippen molar-refractivity contribution in [3.05, 3.63) is 64.1 Å². The van der Waals surface area contributed by atoms with Crippen molar-refractivity contribution in [1.29, 1.82) is 0 Å². The van der Waals surface area contributed by atoms with Crippen LogP contribution in [-0.2, 0) is 6.54 Å². The number of quaternary nitrogens is 1. The number of halogens is 1. The molecule has 3 rings (SSSR count). The molecule has 0 aliphatic carbocycles. The molecule has 0 aromatic heterocycles. The lowest BCUT2D eigenvalue weighted by molar-refractivity contribution is -0.918. The molecule has 1 heterocycles. The predicted octanol–water partition coefficient (Wildman–Crippen LogP) is 3.42. The fraction of sp³-hybridized carbons (Fsp3) is 0.368. The van der Waals surface area contributed by atoms with Crippen molar-refractivity contribution in [3.63, 3.8) is 0 Å². The third kappa shape index (κ3) is 4.11. The molecule has 0 unspecified atom stereocenters. The summed E-state index contributed by atoms with van der Waals surface area (Å²) >= 11 is 3.56. The van der Waals surface area contributed by atoms with Gasteiger partial charge in [0, 0.05) is 34.6 Å². The number of rotatable bonds is 4. The number of hydrogen-bond acceptors (Lipinski definition) is 1. The van der Waals surface area contributed by atoms with Crippen molar-refractivity contribution >= 4 is 21.6 Å². The first kappa shape index (κ1) is 15.6.